The number of aromatic nitrogens is 3. The van der Waals surface area contributed by atoms with Gasteiger partial charge in [-0.2, -0.15) is 0 Å². The predicted octanol–water partition coefficient (Wildman–Crippen LogP) is -1.66. The summed E-state index contributed by atoms with van der Waals surface area (Å²) >= 11 is 0. The molecule has 2 aromatic heterocycles. The minimum Gasteiger partial charge on any atom is -0.370 e. The summed E-state index contributed by atoms with van der Waals surface area (Å²) in [5.74, 6) is -15.8. The number of para-hydroxylation sites is 1. The summed E-state index contributed by atoms with van der Waals surface area (Å²) in [4.78, 5) is 235. The van der Waals surface area contributed by atoms with Crippen LogP contribution in [0.25, 0.3) is 10.9 Å². The number of hydrogen-bond donors (Lipinski definition) is 22. The molecule has 122 heavy (non-hydrogen) atoms. The molecule has 14 atom stereocenters. The number of nitrogens with one attached hydrogen (secondary N) is 16. The lowest BCUT2D eigenvalue weighted by atomic mass is 9.96. The molecular weight excluding hydrogens is 1580 g/mol. The van der Waals surface area contributed by atoms with Crippen LogP contribution in [-0.2, 0) is 89.6 Å². The number of hydrogen-bond acceptors (Lipinski definition) is 21. The number of fused-ring (bicyclic) bond motifs is 1. The molecule has 16 amide bonds. The third-order valence-electron chi connectivity index (χ3n) is 20.4. The van der Waals surface area contributed by atoms with E-state index < -0.39 is 210 Å². The molecule has 0 unspecified atom stereocenters. The Morgan fingerprint density at radius 2 is 0.754 bits per heavy atom. The lowest BCUT2D eigenvalue weighted by molar-refractivity contribution is -0.137. The number of amides is 16. The number of rotatable bonds is 59. The highest BCUT2D eigenvalue weighted by molar-refractivity contribution is 6.01. The van der Waals surface area contributed by atoms with Gasteiger partial charge in [0.2, 0.25) is 94.5 Å². The van der Waals surface area contributed by atoms with Crippen molar-refractivity contribution in [2.75, 3.05) is 32.7 Å². The Morgan fingerprint density at radius 1 is 0.385 bits per heavy atom. The van der Waals surface area contributed by atoms with Crippen molar-refractivity contribution in [3.63, 3.8) is 0 Å². The van der Waals surface area contributed by atoms with Crippen LogP contribution in [0.4, 0.5) is 0 Å². The average Bonchev–Trinajstić information content (AvgIpc) is 1.61. The lowest BCUT2D eigenvalue weighted by Gasteiger charge is -2.30. The summed E-state index contributed by atoms with van der Waals surface area (Å²) < 4.78 is 0. The molecule has 0 aliphatic carbocycles. The molecule has 0 saturated heterocycles. The van der Waals surface area contributed by atoms with Crippen LogP contribution < -0.4 is 109 Å². The van der Waals surface area contributed by atoms with Gasteiger partial charge in [-0.3, -0.25) is 76.7 Å². The monoisotopic (exact) mass is 1720 g/mol. The minimum absolute atomic E-state index is 0.00948. The second-order valence-corrected chi connectivity index (χ2v) is 33.8. The highest BCUT2D eigenvalue weighted by Gasteiger charge is 2.40. The normalized spacial score (nSPS) is 15.0. The summed E-state index contributed by atoms with van der Waals surface area (Å²) in [6.45, 7) is 24.0. The number of H-pyrrole nitrogens is 2. The number of nitrogens with two attached hydrogens (primary N) is 6. The van der Waals surface area contributed by atoms with Crippen molar-refractivity contribution in [3.8, 4) is 0 Å². The van der Waals surface area contributed by atoms with Gasteiger partial charge in [0.05, 0.1) is 25.8 Å². The van der Waals surface area contributed by atoms with Crippen LogP contribution in [0.5, 0.6) is 0 Å². The maximum Gasteiger partial charge on any atom is 0.243 e. The van der Waals surface area contributed by atoms with Gasteiger partial charge < -0.3 is 119 Å². The Balaban J connectivity index is 1.89. The van der Waals surface area contributed by atoms with Crippen molar-refractivity contribution < 1.29 is 76.7 Å². The third-order valence-corrected chi connectivity index (χ3v) is 20.4. The van der Waals surface area contributed by atoms with Gasteiger partial charge in [-0.05, 0) is 156 Å². The van der Waals surface area contributed by atoms with Crippen LogP contribution >= 0.6 is 0 Å². The van der Waals surface area contributed by atoms with E-state index in [9.17, 15) is 76.7 Å². The number of benzene rings is 1. The number of primary amides is 2. The molecule has 0 radical (unpaired) electrons. The smallest absolute Gasteiger partial charge is 0.243 e. The van der Waals surface area contributed by atoms with Gasteiger partial charge in [0.25, 0.3) is 0 Å². The highest BCUT2D eigenvalue weighted by atomic mass is 16.2. The first kappa shape index (κ1) is 106. The van der Waals surface area contributed by atoms with Gasteiger partial charge in [-0.1, -0.05) is 122 Å². The molecule has 2 heterocycles. The summed E-state index contributed by atoms with van der Waals surface area (Å²) in [6, 6.07) is -9.91. The van der Waals surface area contributed by atoms with Crippen LogP contribution in [0, 0.1) is 41.4 Å². The Labute approximate surface area is 715 Å². The lowest BCUT2D eigenvalue weighted by Crippen LogP contribution is -2.62. The van der Waals surface area contributed by atoms with Crippen LogP contribution in [0.3, 0.4) is 0 Å². The van der Waals surface area contributed by atoms with Crippen molar-refractivity contribution in [3.05, 3.63) is 54.2 Å². The zero-order valence-corrected chi connectivity index (χ0v) is 73.6. The topological polar surface area (TPSA) is 642 Å². The van der Waals surface area contributed by atoms with E-state index in [0.717, 1.165) is 10.9 Å². The van der Waals surface area contributed by atoms with Crippen molar-refractivity contribution in [1.29, 1.82) is 0 Å². The molecular formula is C83H141N23O16. The van der Waals surface area contributed by atoms with Crippen molar-refractivity contribution in [1.82, 2.24) is 89.4 Å². The molecule has 0 fully saturated rings. The van der Waals surface area contributed by atoms with E-state index in [2.05, 4.69) is 89.4 Å². The van der Waals surface area contributed by atoms with Gasteiger partial charge in [-0.15, -0.1) is 0 Å². The fraction of sp³-hybridized carbons (Fsp3) is 0.675. The second kappa shape index (κ2) is 54.7. The first-order valence-corrected chi connectivity index (χ1v) is 42.7. The number of aromatic amines is 2. The summed E-state index contributed by atoms with van der Waals surface area (Å²) in [5.41, 5.74) is 36.3. The van der Waals surface area contributed by atoms with E-state index in [1.807, 2.05) is 52.0 Å². The van der Waals surface area contributed by atoms with Gasteiger partial charge in [-0.25, -0.2) is 4.98 Å². The van der Waals surface area contributed by atoms with Crippen LogP contribution in [-0.4, -0.2) is 221 Å². The largest absolute Gasteiger partial charge is 0.370 e. The number of unbranched alkanes of at least 4 members (excludes halogenated alkanes) is 3. The zero-order valence-electron chi connectivity index (χ0n) is 73.6. The Bertz CT molecular complexity index is 3890. The average molecular weight is 1720 g/mol. The quantitative estimate of drug-likeness (QED) is 0.0281. The molecule has 0 aliphatic rings. The van der Waals surface area contributed by atoms with Crippen molar-refractivity contribution >= 4 is 105 Å². The maximum absolute atomic E-state index is 14.8. The van der Waals surface area contributed by atoms with E-state index in [-0.39, 0.29) is 108 Å². The molecule has 3 rings (SSSR count). The van der Waals surface area contributed by atoms with Crippen LogP contribution in [0.2, 0.25) is 0 Å². The Kier molecular flexibility index (Phi) is 47.3. The van der Waals surface area contributed by atoms with E-state index in [0.29, 0.717) is 49.8 Å². The molecule has 39 heteroatoms. The first-order valence-electron chi connectivity index (χ1n) is 42.7. The standard InChI is InChI=1S/C83H141N23O16/c1-15-50(14)70(83(122)103-61(35-47(8)9)77(116)101-64(38-65(88)107)80(119)105-69(49(12)13)82(121)102-60(34-46(6)7)76(115)97-57(28-20-23-31-86)75(114)104-68(48(10)11)81(120)98-58(71(89)110)32-44(2)3)106-79(118)63(37-52-41-90-43-93-52)100-73(112)55(26-18-21-29-84)94-67(109)42-92-72(111)59(33-45(4)5)99-74(113)56(27-19-22-30-85)96-78(117)62(95-66(108)39-87)36-51-40-91-54-25-17-16-24-53(51)54/h16-17,24-25,40-41,43-50,55-64,68-70,91H,15,18-23,26-39,42,84-87H2,1-14H3,(H2,88,107)(H2,89,110)(H,90,93)(H,92,111)(H,94,109)(H,95,108)(H,96,117)(H,97,115)(H,98,120)(H,99,113)(H,100,112)(H,101,116)(H,102,121)(H,103,122)(H,104,114)(H,105,119)(H,106,118)/t50-,55-,56-,57-,58-,59-,60-,61-,62-,63-,64-,68-,69-,70-/m0/s1. The second-order valence-electron chi connectivity index (χ2n) is 33.8. The third kappa shape index (κ3) is 37.8. The van der Waals surface area contributed by atoms with Gasteiger partial charge >= 0.3 is 0 Å². The first-order chi connectivity index (χ1) is 57.6. The van der Waals surface area contributed by atoms with Crippen LogP contribution in [0.15, 0.2) is 43.0 Å². The van der Waals surface area contributed by atoms with E-state index in [1.54, 1.807) is 75.4 Å². The molecule has 0 spiro atoms. The number of nitrogens with zero attached hydrogens (tertiary/aromatic N) is 1. The summed E-state index contributed by atoms with van der Waals surface area (Å²) in [5, 5.41) is 38.3. The molecule has 0 aliphatic heterocycles. The Hall–Kier alpha value is -10.7. The SMILES string of the molecule is CC[C@H](C)[C@H](NC(=O)[C@H](Cc1cnc[nH]1)NC(=O)[C@H](CCCCN)NC(=O)CNC(=O)[C@H](CC(C)C)NC(=O)[C@H](CCCCN)NC(=O)[C@H](Cc1c[nH]c2ccccc12)NC(=O)CN)C(=O)N[C@@H](CC(C)C)C(=O)N[C@@H](CC(N)=O)C(=O)N[C@H](C(=O)N[C@@H](CC(C)C)C(=O)N[C@@H](CCCCN)C(=O)N[C@H](C(=O)N[C@@H](CC(C)C)C(N)=O)C(C)C)C(C)C. The predicted molar refractivity (Wildman–Crippen MR) is 460 cm³/mol. The molecule has 28 N–H and O–H groups in total. The van der Waals surface area contributed by atoms with Crippen LogP contribution in [0.1, 0.15) is 205 Å². The molecule has 684 valence electrons. The molecule has 1 aromatic carbocycles. The van der Waals surface area contributed by atoms with Crippen molar-refractivity contribution in [2.45, 2.75) is 285 Å². The fourth-order valence-corrected chi connectivity index (χ4v) is 13.5. The summed E-state index contributed by atoms with van der Waals surface area (Å²) in [6.07, 6.45) is 6.60. The fourth-order valence-electron chi connectivity index (χ4n) is 13.5. The van der Waals surface area contributed by atoms with E-state index in [4.69, 9.17) is 34.4 Å². The van der Waals surface area contributed by atoms with Crippen molar-refractivity contribution in [2.24, 2.45) is 75.8 Å². The molecule has 0 saturated carbocycles. The van der Waals surface area contributed by atoms with Gasteiger partial charge in [0.1, 0.15) is 78.5 Å². The number of carbonyl (C=O) groups excluding carboxylic acids is 16. The highest BCUT2D eigenvalue weighted by Crippen LogP contribution is 2.22. The van der Waals surface area contributed by atoms with E-state index >= 15 is 0 Å². The minimum atomic E-state index is -1.76. The van der Waals surface area contributed by atoms with Gasteiger partial charge in [0, 0.05) is 41.8 Å². The molecule has 3 aromatic rings. The van der Waals surface area contributed by atoms with E-state index in [1.165, 1.54) is 12.5 Å². The number of imidazole rings is 1. The number of carbonyl (C=O) groups is 16. The zero-order chi connectivity index (χ0) is 91.6. The maximum atomic E-state index is 14.8. The molecule has 0 bridgehead atoms. The molecule has 39 nitrogen and oxygen atoms in total. The Morgan fingerprint density at radius 3 is 1.20 bits per heavy atom. The van der Waals surface area contributed by atoms with Gasteiger partial charge in [0.15, 0.2) is 0 Å². The summed E-state index contributed by atoms with van der Waals surface area (Å²) in [7, 11) is 0.